The predicted octanol–water partition coefficient (Wildman–Crippen LogP) is 4.24. The Kier molecular flexibility index (Phi) is 4.35. The molecule has 0 amide bonds. The smallest absolute Gasteiger partial charge is 0.157 e. The van der Waals surface area contributed by atoms with E-state index in [0.717, 1.165) is 22.8 Å². The van der Waals surface area contributed by atoms with E-state index in [4.69, 9.17) is 4.99 Å². The molecule has 3 heteroatoms. The summed E-state index contributed by atoms with van der Waals surface area (Å²) < 4.78 is 0. The molecule has 108 valence electrons. The van der Waals surface area contributed by atoms with Gasteiger partial charge in [0.25, 0.3) is 0 Å². The lowest BCUT2D eigenvalue weighted by Crippen LogP contribution is -2.41. The van der Waals surface area contributed by atoms with Crippen LogP contribution in [0.5, 0.6) is 0 Å². The molecule has 1 aliphatic heterocycles. The van der Waals surface area contributed by atoms with Gasteiger partial charge in [-0.15, -0.1) is 0 Å². The highest BCUT2D eigenvalue weighted by Gasteiger charge is 2.28. The fourth-order valence-electron chi connectivity index (χ4n) is 3.34. The lowest BCUT2D eigenvalue weighted by Gasteiger charge is -2.33. The van der Waals surface area contributed by atoms with E-state index in [9.17, 15) is 0 Å². The van der Waals surface area contributed by atoms with Crippen molar-refractivity contribution in [3.05, 3.63) is 35.9 Å². The molecule has 0 bridgehead atoms. The Morgan fingerprint density at radius 2 is 1.95 bits per heavy atom. The second kappa shape index (κ2) is 6.21. The van der Waals surface area contributed by atoms with E-state index in [1.54, 1.807) is 0 Å². The first-order valence-corrected chi connectivity index (χ1v) is 8.73. The monoisotopic (exact) mass is 288 g/mol. The maximum atomic E-state index is 4.87. The Bertz CT molecular complexity index is 471. The summed E-state index contributed by atoms with van der Waals surface area (Å²) in [6.07, 6.45) is 3.98. The van der Waals surface area contributed by atoms with Gasteiger partial charge in [-0.1, -0.05) is 55.9 Å². The van der Waals surface area contributed by atoms with Gasteiger partial charge in [0, 0.05) is 11.8 Å². The number of rotatable bonds is 2. The molecule has 1 saturated carbocycles. The predicted molar refractivity (Wildman–Crippen MR) is 88.2 cm³/mol. The zero-order valence-corrected chi connectivity index (χ0v) is 13.2. The van der Waals surface area contributed by atoms with E-state index in [1.807, 2.05) is 11.8 Å². The molecule has 1 N–H and O–H groups in total. The van der Waals surface area contributed by atoms with Crippen LogP contribution in [0.3, 0.4) is 0 Å². The highest BCUT2D eigenvalue weighted by atomic mass is 32.2. The van der Waals surface area contributed by atoms with Crippen LogP contribution < -0.4 is 5.32 Å². The summed E-state index contributed by atoms with van der Waals surface area (Å²) in [6, 6.07) is 11.6. The van der Waals surface area contributed by atoms with E-state index in [-0.39, 0.29) is 0 Å². The van der Waals surface area contributed by atoms with Crippen molar-refractivity contribution in [1.82, 2.24) is 5.32 Å². The molecule has 1 aliphatic carbocycles. The van der Waals surface area contributed by atoms with Crippen LogP contribution >= 0.6 is 11.8 Å². The second-order valence-electron chi connectivity index (χ2n) is 6.32. The fourth-order valence-corrected chi connectivity index (χ4v) is 4.36. The van der Waals surface area contributed by atoms with E-state index in [2.05, 4.69) is 49.5 Å². The molecule has 1 fully saturated rings. The molecule has 3 rings (SSSR count). The van der Waals surface area contributed by atoms with Gasteiger partial charge < -0.3 is 5.32 Å². The largest absolute Gasteiger partial charge is 0.362 e. The third-order valence-corrected chi connectivity index (χ3v) is 5.55. The Hall–Kier alpha value is -0.960. The molecule has 4 atom stereocenters. The number of benzene rings is 1. The third kappa shape index (κ3) is 3.20. The van der Waals surface area contributed by atoms with Gasteiger partial charge >= 0.3 is 0 Å². The molecule has 1 aromatic carbocycles. The van der Waals surface area contributed by atoms with Gasteiger partial charge in [0.1, 0.15) is 0 Å². The molecule has 0 aromatic heterocycles. The minimum absolute atomic E-state index is 0.335. The number of hydrogen-bond donors (Lipinski definition) is 1. The first-order valence-electron chi connectivity index (χ1n) is 7.74. The first-order chi connectivity index (χ1) is 9.72. The molecule has 1 heterocycles. The van der Waals surface area contributed by atoms with E-state index >= 15 is 0 Å². The zero-order chi connectivity index (χ0) is 13.9. The third-order valence-electron chi connectivity index (χ3n) is 4.58. The summed E-state index contributed by atoms with van der Waals surface area (Å²) in [5.74, 6) is 2.72. The SMILES string of the molecule is CC1CCC(NC2=NC(c3ccccc3)CS2)C(C)C1. The van der Waals surface area contributed by atoms with Crippen LogP contribution in [0, 0.1) is 11.8 Å². The van der Waals surface area contributed by atoms with Gasteiger partial charge in [-0.05, 0) is 36.7 Å². The van der Waals surface area contributed by atoms with Crippen LogP contribution in [-0.4, -0.2) is 17.0 Å². The highest BCUT2D eigenvalue weighted by molar-refractivity contribution is 8.14. The molecule has 4 unspecified atom stereocenters. The maximum Gasteiger partial charge on any atom is 0.157 e. The summed E-state index contributed by atoms with van der Waals surface area (Å²) in [4.78, 5) is 4.87. The van der Waals surface area contributed by atoms with Crippen molar-refractivity contribution >= 4 is 16.9 Å². The summed E-state index contributed by atoms with van der Waals surface area (Å²) in [6.45, 7) is 4.75. The van der Waals surface area contributed by atoms with Crippen molar-refractivity contribution in [3.8, 4) is 0 Å². The van der Waals surface area contributed by atoms with Crippen molar-refractivity contribution in [1.29, 1.82) is 0 Å². The average molecular weight is 288 g/mol. The molecule has 20 heavy (non-hydrogen) atoms. The minimum atomic E-state index is 0.335. The summed E-state index contributed by atoms with van der Waals surface area (Å²) in [5, 5.41) is 4.86. The fraction of sp³-hybridized carbons (Fsp3) is 0.588. The second-order valence-corrected chi connectivity index (χ2v) is 7.33. The molecular formula is C17H24N2S. The molecule has 2 nitrogen and oxygen atoms in total. The van der Waals surface area contributed by atoms with Crippen LogP contribution in [0.15, 0.2) is 35.3 Å². The van der Waals surface area contributed by atoms with E-state index in [0.29, 0.717) is 12.1 Å². The molecule has 0 spiro atoms. The van der Waals surface area contributed by atoms with Crippen molar-refractivity contribution in [2.75, 3.05) is 5.75 Å². The van der Waals surface area contributed by atoms with Crippen molar-refractivity contribution in [2.24, 2.45) is 16.8 Å². The Morgan fingerprint density at radius 3 is 2.70 bits per heavy atom. The van der Waals surface area contributed by atoms with Crippen LogP contribution in [0.25, 0.3) is 0 Å². The summed E-state index contributed by atoms with van der Waals surface area (Å²) in [5.41, 5.74) is 1.34. The number of hydrogen-bond acceptors (Lipinski definition) is 3. The summed E-state index contributed by atoms with van der Waals surface area (Å²) >= 11 is 1.88. The maximum absolute atomic E-state index is 4.87. The Labute approximate surface area is 126 Å². The normalized spacial score (nSPS) is 33.8. The average Bonchev–Trinajstić information content (AvgIpc) is 2.92. The number of amidine groups is 1. The first kappa shape index (κ1) is 14.0. The number of aliphatic imine (C=N–C) groups is 1. The number of nitrogens with zero attached hydrogens (tertiary/aromatic N) is 1. The number of nitrogens with one attached hydrogen (secondary N) is 1. The van der Waals surface area contributed by atoms with Crippen LogP contribution in [0.2, 0.25) is 0 Å². The van der Waals surface area contributed by atoms with Gasteiger partial charge in [-0.2, -0.15) is 0 Å². The molecule has 0 radical (unpaired) electrons. The van der Waals surface area contributed by atoms with Crippen molar-refractivity contribution in [2.45, 2.75) is 45.2 Å². The number of thioether (sulfide) groups is 1. The van der Waals surface area contributed by atoms with Crippen LogP contribution in [-0.2, 0) is 0 Å². The lowest BCUT2D eigenvalue weighted by atomic mass is 9.80. The van der Waals surface area contributed by atoms with Crippen LogP contribution in [0.4, 0.5) is 0 Å². The van der Waals surface area contributed by atoms with Gasteiger partial charge in [0.05, 0.1) is 6.04 Å². The topological polar surface area (TPSA) is 24.4 Å². The molecule has 2 aliphatic rings. The standard InChI is InChI=1S/C17H24N2S/c1-12-8-9-15(13(2)10-12)18-17-19-16(11-20-17)14-6-4-3-5-7-14/h3-7,12-13,15-16H,8-11H2,1-2H3,(H,18,19). The Morgan fingerprint density at radius 1 is 1.15 bits per heavy atom. The van der Waals surface area contributed by atoms with Gasteiger partial charge in [0.15, 0.2) is 5.17 Å². The van der Waals surface area contributed by atoms with Gasteiger partial charge in [-0.25, -0.2) is 0 Å². The van der Waals surface area contributed by atoms with Crippen molar-refractivity contribution in [3.63, 3.8) is 0 Å². The van der Waals surface area contributed by atoms with Gasteiger partial charge in [-0.3, -0.25) is 4.99 Å². The zero-order valence-electron chi connectivity index (χ0n) is 12.4. The molecule has 0 saturated heterocycles. The lowest BCUT2D eigenvalue weighted by molar-refractivity contribution is 0.248. The molecular weight excluding hydrogens is 264 g/mol. The van der Waals surface area contributed by atoms with E-state index < -0.39 is 0 Å². The van der Waals surface area contributed by atoms with E-state index in [1.165, 1.54) is 24.8 Å². The van der Waals surface area contributed by atoms with Gasteiger partial charge in [0.2, 0.25) is 0 Å². The quantitative estimate of drug-likeness (QED) is 0.880. The highest BCUT2D eigenvalue weighted by Crippen LogP contribution is 2.32. The minimum Gasteiger partial charge on any atom is -0.362 e. The Balaban J connectivity index is 1.61. The molecule has 1 aromatic rings. The van der Waals surface area contributed by atoms with Crippen molar-refractivity contribution < 1.29 is 0 Å². The summed E-state index contributed by atoms with van der Waals surface area (Å²) in [7, 11) is 0. The van der Waals surface area contributed by atoms with Crippen LogP contribution in [0.1, 0.15) is 44.7 Å².